The zero-order valence-corrected chi connectivity index (χ0v) is 12.8. The van der Waals surface area contributed by atoms with Crippen LogP contribution in [0.15, 0.2) is 36.4 Å². The molecule has 112 valence electrons. The molecule has 0 saturated heterocycles. The van der Waals surface area contributed by atoms with Gasteiger partial charge in [-0.2, -0.15) is 0 Å². The fourth-order valence-electron chi connectivity index (χ4n) is 2.11. The van der Waals surface area contributed by atoms with Gasteiger partial charge in [0.2, 0.25) is 5.95 Å². The molecule has 0 bridgehead atoms. The summed E-state index contributed by atoms with van der Waals surface area (Å²) in [6.45, 7) is 5.46. The number of benzene rings is 1. The van der Waals surface area contributed by atoms with E-state index < -0.39 is 0 Å². The van der Waals surface area contributed by atoms with Crippen LogP contribution in [-0.4, -0.2) is 23.6 Å². The molecule has 5 heteroatoms. The first kappa shape index (κ1) is 15.3. The first-order valence-corrected chi connectivity index (χ1v) is 7.15. The molecule has 1 heterocycles. The van der Waals surface area contributed by atoms with E-state index in [1.165, 1.54) is 0 Å². The largest absolute Gasteiger partial charge is 0.378 e. The van der Waals surface area contributed by atoms with Gasteiger partial charge in [0.05, 0.1) is 18.0 Å². The van der Waals surface area contributed by atoms with E-state index in [-0.39, 0.29) is 0 Å². The molecule has 1 aromatic carbocycles. The minimum absolute atomic E-state index is 0.483. The van der Waals surface area contributed by atoms with Crippen molar-refractivity contribution < 1.29 is 4.74 Å². The van der Waals surface area contributed by atoms with Gasteiger partial charge in [-0.05, 0) is 31.5 Å². The number of rotatable bonds is 7. The molecule has 0 atom stereocenters. The average molecular weight is 286 g/mol. The van der Waals surface area contributed by atoms with E-state index >= 15 is 0 Å². The van der Waals surface area contributed by atoms with Crippen molar-refractivity contribution in [3.05, 3.63) is 47.8 Å². The van der Waals surface area contributed by atoms with Crippen LogP contribution >= 0.6 is 0 Å². The molecule has 0 fully saturated rings. The van der Waals surface area contributed by atoms with Gasteiger partial charge >= 0.3 is 0 Å². The maximum absolute atomic E-state index is 5.14. The van der Waals surface area contributed by atoms with Crippen LogP contribution in [0, 0.1) is 6.92 Å². The summed E-state index contributed by atoms with van der Waals surface area (Å²) in [5.41, 5.74) is 6.18. The van der Waals surface area contributed by atoms with Crippen molar-refractivity contribution in [3.8, 4) is 0 Å². The summed E-state index contributed by atoms with van der Waals surface area (Å²) >= 11 is 0. The lowest BCUT2D eigenvalue weighted by atomic mass is 10.3. The van der Waals surface area contributed by atoms with Crippen molar-refractivity contribution in [1.82, 2.24) is 9.97 Å². The molecular formula is C16H22N4O. The predicted molar refractivity (Wildman–Crippen MR) is 85.2 cm³/mol. The molecule has 5 nitrogen and oxygen atoms in total. The van der Waals surface area contributed by atoms with Crippen molar-refractivity contribution in [2.75, 3.05) is 24.1 Å². The van der Waals surface area contributed by atoms with Crippen LogP contribution in [0.5, 0.6) is 0 Å². The Morgan fingerprint density at radius 3 is 2.62 bits per heavy atom. The van der Waals surface area contributed by atoms with Crippen LogP contribution in [0.25, 0.3) is 0 Å². The first-order valence-electron chi connectivity index (χ1n) is 7.15. The molecule has 0 unspecified atom stereocenters. The van der Waals surface area contributed by atoms with Gasteiger partial charge < -0.3 is 4.74 Å². The van der Waals surface area contributed by atoms with Gasteiger partial charge in [-0.15, -0.1) is 0 Å². The number of aromatic nitrogens is 2. The molecule has 2 rings (SSSR count). The monoisotopic (exact) mass is 286 g/mol. The van der Waals surface area contributed by atoms with Crippen molar-refractivity contribution in [3.63, 3.8) is 0 Å². The smallest absolute Gasteiger partial charge is 0.242 e. The van der Waals surface area contributed by atoms with Crippen LogP contribution in [0.1, 0.15) is 24.7 Å². The van der Waals surface area contributed by atoms with Crippen LogP contribution < -0.4 is 10.4 Å². The van der Waals surface area contributed by atoms with E-state index in [0.29, 0.717) is 12.6 Å². The van der Waals surface area contributed by atoms with Gasteiger partial charge in [0.25, 0.3) is 0 Å². The third-order valence-corrected chi connectivity index (χ3v) is 2.95. The van der Waals surface area contributed by atoms with Crippen molar-refractivity contribution >= 4 is 11.6 Å². The molecular weight excluding hydrogens is 264 g/mol. The van der Waals surface area contributed by atoms with E-state index in [1.807, 2.05) is 31.2 Å². The number of nitrogens with one attached hydrogen (secondary N) is 1. The number of nitrogens with zero attached hydrogens (tertiary/aromatic N) is 3. The van der Waals surface area contributed by atoms with Crippen LogP contribution in [0.2, 0.25) is 0 Å². The highest BCUT2D eigenvalue weighted by Gasteiger charge is 2.08. The summed E-state index contributed by atoms with van der Waals surface area (Å²) in [4.78, 5) is 8.93. The van der Waals surface area contributed by atoms with Gasteiger partial charge in [-0.25, -0.2) is 9.97 Å². The lowest BCUT2D eigenvalue weighted by Crippen LogP contribution is -2.31. The minimum Gasteiger partial charge on any atom is -0.378 e. The second kappa shape index (κ2) is 7.59. The Bertz CT molecular complexity index is 559. The van der Waals surface area contributed by atoms with E-state index in [1.54, 1.807) is 7.11 Å². The van der Waals surface area contributed by atoms with Gasteiger partial charge in [0.15, 0.2) is 0 Å². The summed E-state index contributed by atoms with van der Waals surface area (Å²) in [5, 5.41) is 2.06. The fourth-order valence-corrected chi connectivity index (χ4v) is 2.11. The van der Waals surface area contributed by atoms with Crippen LogP contribution in [0.3, 0.4) is 0 Å². The summed E-state index contributed by atoms with van der Waals surface area (Å²) in [5.74, 6) is 0.597. The van der Waals surface area contributed by atoms with Crippen LogP contribution in [0.4, 0.5) is 11.6 Å². The Morgan fingerprint density at radius 1 is 1.19 bits per heavy atom. The Kier molecular flexibility index (Phi) is 5.51. The Morgan fingerprint density at radius 2 is 1.95 bits per heavy atom. The second-order valence-corrected chi connectivity index (χ2v) is 4.86. The standard InChI is InChI=1S/C16H22N4O/c1-4-10-20(15-8-6-5-7-9-15)19-16-17-13(2)11-14(18-16)12-21-3/h5-9,11H,4,10,12H2,1-3H3,(H,17,18,19). The highest BCUT2D eigenvalue weighted by Crippen LogP contribution is 2.15. The zero-order valence-electron chi connectivity index (χ0n) is 12.8. The molecule has 0 aliphatic heterocycles. The van der Waals surface area contributed by atoms with Crippen molar-refractivity contribution in [1.29, 1.82) is 0 Å². The third-order valence-electron chi connectivity index (χ3n) is 2.95. The van der Waals surface area contributed by atoms with Crippen molar-refractivity contribution in [2.24, 2.45) is 0 Å². The number of hydrogen-bond donors (Lipinski definition) is 1. The van der Waals surface area contributed by atoms with E-state index in [0.717, 1.165) is 30.0 Å². The average Bonchev–Trinajstić information content (AvgIpc) is 2.47. The minimum atomic E-state index is 0.483. The summed E-state index contributed by atoms with van der Waals surface area (Å²) in [6, 6.07) is 12.1. The molecule has 0 saturated carbocycles. The molecule has 1 aromatic heterocycles. The quantitative estimate of drug-likeness (QED) is 0.792. The van der Waals surface area contributed by atoms with E-state index in [9.17, 15) is 0 Å². The molecule has 0 aliphatic carbocycles. The number of hydrazine groups is 1. The summed E-state index contributed by atoms with van der Waals surface area (Å²) < 4.78 is 5.14. The highest BCUT2D eigenvalue weighted by atomic mass is 16.5. The molecule has 0 aliphatic rings. The summed E-state index contributed by atoms with van der Waals surface area (Å²) in [7, 11) is 1.66. The number of methoxy groups -OCH3 is 1. The lowest BCUT2D eigenvalue weighted by molar-refractivity contribution is 0.181. The van der Waals surface area contributed by atoms with Gasteiger partial charge in [0, 0.05) is 19.3 Å². The van der Waals surface area contributed by atoms with Gasteiger partial charge in [-0.3, -0.25) is 10.4 Å². The van der Waals surface area contributed by atoms with Gasteiger partial charge in [-0.1, -0.05) is 25.1 Å². The maximum Gasteiger partial charge on any atom is 0.242 e. The Labute approximate surface area is 126 Å². The molecule has 1 N–H and O–H groups in total. The van der Waals surface area contributed by atoms with Crippen molar-refractivity contribution in [2.45, 2.75) is 26.9 Å². The topological polar surface area (TPSA) is 50.3 Å². The number of anilines is 2. The molecule has 21 heavy (non-hydrogen) atoms. The lowest BCUT2D eigenvalue weighted by Gasteiger charge is -2.25. The number of para-hydroxylation sites is 1. The molecule has 0 amide bonds. The summed E-state index contributed by atoms with van der Waals surface area (Å²) in [6.07, 6.45) is 1.03. The molecule has 0 spiro atoms. The molecule has 0 radical (unpaired) electrons. The highest BCUT2D eigenvalue weighted by molar-refractivity contribution is 5.50. The zero-order chi connectivity index (χ0) is 15.1. The Balaban J connectivity index is 2.20. The molecule has 2 aromatic rings. The predicted octanol–water partition coefficient (Wildman–Crippen LogP) is 3.17. The maximum atomic E-state index is 5.14. The normalized spacial score (nSPS) is 10.4. The Hall–Kier alpha value is -2.14. The SMILES string of the molecule is CCCN(Nc1nc(C)cc(COC)n1)c1ccccc1. The number of ether oxygens (including phenoxy) is 1. The second-order valence-electron chi connectivity index (χ2n) is 4.86. The van der Waals surface area contributed by atoms with E-state index in [4.69, 9.17) is 4.74 Å². The number of hydrogen-bond acceptors (Lipinski definition) is 5. The third kappa shape index (κ3) is 4.43. The van der Waals surface area contributed by atoms with Crippen LogP contribution in [-0.2, 0) is 11.3 Å². The number of aryl methyl sites for hydroxylation is 1. The fraction of sp³-hybridized carbons (Fsp3) is 0.375. The van der Waals surface area contributed by atoms with Gasteiger partial charge in [0.1, 0.15) is 0 Å². The van der Waals surface area contributed by atoms with E-state index in [2.05, 4.69) is 39.5 Å². The first-order chi connectivity index (χ1) is 10.2.